The van der Waals surface area contributed by atoms with Crippen LogP contribution in [-0.4, -0.2) is 16.4 Å². The molecule has 5 N–H and O–H groups in total. The van der Waals surface area contributed by atoms with Crippen molar-refractivity contribution in [2.24, 2.45) is 5.73 Å². The van der Waals surface area contributed by atoms with Gasteiger partial charge in [-0.2, -0.15) is 0 Å². The number of pyridine rings is 1. The molecular weight excluding hydrogens is 180 g/mol. The molecule has 1 aromatic rings. The van der Waals surface area contributed by atoms with Crippen molar-refractivity contribution in [1.82, 2.24) is 4.98 Å². The molecule has 0 unspecified atom stereocenters. The van der Waals surface area contributed by atoms with Crippen molar-refractivity contribution in [2.45, 2.75) is 19.4 Å². The standard InChI is InChI=1S/C9H14N4O/c1-9(2,8(11)14)13-7-5-3-4-6(10)12-7/h3-5H,1-2H3,(H2,11,14)(H3,10,12,13). The molecule has 0 aliphatic heterocycles. The minimum absolute atomic E-state index is 0.398. The van der Waals surface area contributed by atoms with E-state index in [-0.39, 0.29) is 0 Å². The zero-order chi connectivity index (χ0) is 10.8. The fraction of sp³-hybridized carbons (Fsp3) is 0.333. The number of carbonyl (C=O) groups excluding carboxylic acids is 1. The summed E-state index contributed by atoms with van der Waals surface area (Å²) in [5.41, 5.74) is 9.85. The Kier molecular flexibility index (Phi) is 2.60. The highest BCUT2D eigenvalue weighted by molar-refractivity contribution is 5.86. The van der Waals surface area contributed by atoms with E-state index in [0.29, 0.717) is 11.6 Å². The third-order valence-corrected chi connectivity index (χ3v) is 1.83. The molecule has 0 aliphatic rings. The number of nitrogens with two attached hydrogens (primary N) is 2. The van der Waals surface area contributed by atoms with Gasteiger partial charge in [-0.15, -0.1) is 0 Å². The number of nitrogens with zero attached hydrogens (tertiary/aromatic N) is 1. The number of amides is 1. The van der Waals surface area contributed by atoms with Gasteiger partial charge < -0.3 is 16.8 Å². The van der Waals surface area contributed by atoms with E-state index >= 15 is 0 Å². The number of hydrogen-bond acceptors (Lipinski definition) is 4. The third-order valence-electron chi connectivity index (χ3n) is 1.83. The normalized spacial score (nSPS) is 11.0. The first-order valence-electron chi connectivity index (χ1n) is 4.22. The molecule has 1 amide bonds. The molecule has 0 spiro atoms. The van der Waals surface area contributed by atoms with Crippen LogP contribution in [0.15, 0.2) is 18.2 Å². The van der Waals surface area contributed by atoms with Gasteiger partial charge in [0.25, 0.3) is 0 Å². The van der Waals surface area contributed by atoms with E-state index in [2.05, 4.69) is 10.3 Å². The Morgan fingerprint density at radius 2 is 2.14 bits per heavy atom. The first-order valence-corrected chi connectivity index (χ1v) is 4.22. The predicted molar refractivity (Wildman–Crippen MR) is 55.5 cm³/mol. The van der Waals surface area contributed by atoms with E-state index in [1.165, 1.54) is 0 Å². The highest BCUT2D eigenvalue weighted by atomic mass is 16.1. The molecule has 0 aromatic carbocycles. The van der Waals surface area contributed by atoms with Gasteiger partial charge in [-0.3, -0.25) is 4.79 Å². The topological polar surface area (TPSA) is 94.0 Å². The summed E-state index contributed by atoms with van der Waals surface area (Å²) in [4.78, 5) is 15.0. The lowest BCUT2D eigenvalue weighted by Crippen LogP contribution is -2.45. The molecule has 1 heterocycles. The van der Waals surface area contributed by atoms with Crippen LogP contribution >= 0.6 is 0 Å². The van der Waals surface area contributed by atoms with E-state index in [0.717, 1.165) is 0 Å². The first kappa shape index (κ1) is 10.3. The van der Waals surface area contributed by atoms with E-state index in [4.69, 9.17) is 11.5 Å². The maximum atomic E-state index is 11.0. The average molecular weight is 194 g/mol. The van der Waals surface area contributed by atoms with Crippen molar-refractivity contribution in [3.63, 3.8) is 0 Å². The minimum Gasteiger partial charge on any atom is -0.384 e. The number of nitrogen functional groups attached to an aromatic ring is 1. The first-order chi connectivity index (χ1) is 6.42. The van der Waals surface area contributed by atoms with Crippen molar-refractivity contribution in [3.05, 3.63) is 18.2 Å². The molecule has 5 nitrogen and oxygen atoms in total. The molecule has 0 atom stereocenters. The summed E-state index contributed by atoms with van der Waals surface area (Å²) in [6.07, 6.45) is 0. The molecule has 0 saturated carbocycles. The third kappa shape index (κ3) is 2.35. The fourth-order valence-corrected chi connectivity index (χ4v) is 0.903. The lowest BCUT2D eigenvalue weighted by atomic mass is 10.1. The van der Waals surface area contributed by atoms with Gasteiger partial charge in [0.15, 0.2) is 0 Å². The van der Waals surface area contributed by atoms with Crippen LogP contribution < -0.4 is 16.8 Å². The van der Waals surface area contributed by atoms with Crippen LogP contribution in [0, 0.1) is 0 Å². The fourth-order valence-electron chi connectivity index (χ4n) is 0.903. The Balaban J connectivity index is 2.83. The molecule has 14 heavy (non-hydrogen) atoms. The highest BCUT2D eigenvalue weighted by Crippen LogP contribution is 2.13. The second-order valence-corrected chi connectivity index (χ2v) is 3.56. The molecule has 1 rings (SSSR count). The van der Waals surface area contributed by atoms with Crippen LogP contribution in [0.3, 0.4) is 0 Å². The van der Waals surface area contributed by atoms with Gasteiger partial charge in [0.05, 0.1) is 0 Å². The zero-order valence-corrected chi connectivity index (χ0v) is 8.24. The summed E-state index contributed by atoms with van der Waals surface area (Å²) in [7, 11) is 0. The summed E-state index contributed by atoms with van der Waals surface area (Å²) in [5, 5.41) is 2.89. The van der Waals surface area contributed by atoms with Gasteiger partial charge in [0.1, 0.15) is 17.2 Å². The predicted octanol–water partition coefficient (Wildman–Crippen LogP) is 0.340. The van der Waals surface area contributed by atoms with Crippen molar-refractivity contribution in [1.29, 1.82) is 0 Å². The summed E-state index contributed by atoms with van der Waals surface area (Å²) in [6.45, 7) is 3.36. The van der Waals surface area contributed by atoms with Crippen molar-refractivity contribution in [2.75, 3.05) is 11.1 Å². The number of nitrogens with one attached hydrogen (secondary N) is 1. The van der Waals surface area contributed by atoms with E-state index < -0.39 is 11.4 Å². The van der Waals surface area contributed by atoms with Crippen LogP contribution in [0.25, 0.3) is 0 Å². The smallest absolute Gasteiger partial charge is 0.242 e. The summed E-state index contributed by atoms with van der Waals surface area (Å²) < 4.78 is 0. The lowest BCUT2D eigenvalue weighted by molar-refractivity contribution is -0.121. The lowest BCUT2D eigenvalue weighted by Gasteiger charge is -2.22. The van der Waals surface area contributed by atoms with Crippen LogP contribution in [0.1, 0.15) is 13.8 Å². The number of aromatic nitrogens is 1. The van der Waals surface area contributed by atoms with Gasteiger partial charge in [-0.25, -0.2) is 4.98 Å². The number of anilines is 2. The average Bonchev–Trinajstić information content (AvgIpc) is 2.02. The quantitative estimate of drug-likeness (QED) is 0.646. The largest absolute Gasteiger partial charge is 0.384 e. The minimum atomic E-state index is -0.833. The van der Waals surface area contributed by atoms with Crippen molar-refractivity contribution < 1.29 is 4.79 Å². The second-order valence-electron chi connectivity index (χ2n) is 3.56. The molecule has 0 fully saturated rings. The number of rotatable bonds is 3. The van der Waals surface area contributed by atoms with Crippen molar-refractivity contribution >= 4 is 17.5 Å². The molecule has 1 aromatic heterocycles. The molecule has 0 saturated heterocycles. The molecular formula is C9H14N4O. The van der Waals surface area contributed by atoms with E-state index in [9.17, 15) is 4.79 Å². The highest BCUT2D eigenvalue weighted by Gasteiger charge is 2.24. The second kappa shape index (κ2) is 3.53. The Morgan fingerprint density at radius 1 is 1.50 bits per heavy atom. The van der Waals surface area contributed by atoms with Crippen LogP contribution in [0.2, 0.25) is 0 Å². The number of primary amides is 1. The zero-order valence-electron chi connectivity index (χ0n) is 8.24. The number of carbonyl (C=O) groups is 1. The van der Waals surface area contributed by atoms with Crippen LogP contribution in [0.4, 0.5) is 11.6 Å². The Morgan fingerprint density at radius 3 is 2.64 bits per heavy atom. The Labute approximate surface area is 82.5 Å². The van der Waals surface area contributed by atoms with E-state index in [1.807, 2.05) is 0 Å². The summed E-state index contributed by atoms with van der Waals surface area (Å²) in [6, 6.07) is 5.14. The Bertz CT molecular complexity index is 348. The molecule has 0 radical (unpaired) electrons. The summed E-state index contributed by atoms with van der Waals surface area (Å²) >= 11 is 0. The Hall–Kier alpha value is -1.78. The van der Waals surface area contributed by atoms with Gasteiger partial charge in [0, 0.05) is 0 Å². The van der Waals surface area contributed by atoms with Gasteiger partial charge in [-0.1, -0.05) is 6.07 Å². The molecule has 0 aliphatic carbocycles. The monoisotopic (exact) mass is 194 g/mol. The molecule has 5 heteroatoms. The van der Waals surface area contributed by atoms with E-state index in [1.54, 1.807) is 32.0 Å². The van der Waals surface area contributed by atoms with Crippen LogP contribution in [0.5, 0.6) is 0 Å². The maximum absolute atomic E-state index is 11.0. The van der Waals surface area contributed by atoms with Gasteiger partial charge in [0.2, 0.25) is 5.91 Å². The van der Waals surface area contributed by atoms with Crippen molar-refractivity contribution in [3.8, 4) is 0 Å². The van der Waals surface area contributed by atoms with Crippen LogP contribution in [-0.2, 0) is 4.79 Å². The maximum Gasteiger partial charge on any atom is 0.242 e. The SMILES string of the molecule is CC(C)(Nc1cccc(N)n1)C(N)=O. The van der Waals surface area contributed by atoms with Gasteiger partial charge in [-0.05, 0) is 26.0 Å². The summed E-state index contributed by atoms with van der Waals surface area (Å²) in [5.74, 6) is 0.491. The molecule has 0 bridgehead atoms. The molecule has 76 valence electrons. The number of hydrogen-bond donors (Lipinski definition) is 3. The van der Waals surface area contributed by atoms with Gasteiger partial charge >= 0.3 is 0 Å².